The van der Waals surface area contributed by atoms with Crippen LogP contribution in [0.3, 0.4) is 0 Å². The molecule has 3 heteroatoms. The fourth-order valence-corrected chi connectivity index (χ4v) is 1.22. The number of hydrogen-bond donors (Lipinski definition) is 0. The molecule has 0 atom stereocenters. The molecule has 0 spiro atoms. The molecular formula is C9H16N3. The van der Waals surface area contributed by atoms with Gasteiger partial charge in [0.2, 0.25) is 0 Å². The molecule has 0 bridgehead atoms. The average Bonchev–Trinajstić information content (AvgIpc) is 2.56. The monoisotopic (exact) mass is 166 g/mol. The number of hydrogen-bond acceptors (Lipinski definition) is 2. The van der Waals surface area contributed by atoms with Crippen molar-refractivity contribution in [3.05, 3.63) is 18.5 Å². The molecule has 1 aromatic rings. The minimum Gasteiger partial charge on any atom is -0.297 e. The van der Waals surface area contributed by atoms with E-state index in [1.54, 1.807) is 0 Å². The summed E-state index contributed by atoms with van der Waals surface area (Å²) in [7, 11) is 0. The average molecular weight is 166 g/mol. The van der Waals surface area contributed by atoms with Crippen molar-refractivity contribution in [3.63, 3.8) is 0 Å². The third kappa shape index (κ3) is 2.26. The second kappa shape index (κ2) is 4.80. The van der Waals surface area contributed by atoms with Crippen molar-refractivity contribution < 1.29 is 0 Å². The van der Waals surface area contributed by atoms with E-state index in [0.29, 0.717) is 0 Å². The van der Waals surface area contributed by atoms with E-state index in [0.717, 1.165) is 25.9 Å². The molecule has 0 saturated carbocycles. The lowest BCUT2D eigenvalue weighted by Crippen LogP contribution is -2.36. The van der Waals surface area contributed by atoms with Gasteiger partial charge in [-0.2, -0.15) is 9.89 Å². The van der Waals surface area contributed by atoms with E-state index in [4.69, 9.17) is 0 Å². The Bertz CT molecular complexity index is 188. The molecule has 1 heterocycles. The van der Waals surface area contributed by atoms with Crippen LogP contribution in [0.2, 0.25) is 0 Å². The van der Waals surface area contributed by atoms with Crippen molar-refractivity contribution in [2.45, 2.75) is 26.7 Å². The smallest absolute Gasteiger partial charge is 0.115 e. The predicted molar refractivity (Wildman–Crippen MR) is 49.6 cm³/mol. The first-order chi connectivity index (χ1) is 5.88. The van der Waals surface area contributed by atoms with Gasteiger partial charge in [0.1, 0.15) is 6.20 Å². The van der Waals surface area contributed by atoms with E-state index in [2.05, 4.69) is 30.2 Å². The van der Waals surface area contributed by atoms with Crippen LogP contribution in [-0.2, 0) is 0 Å². The molecular weight excluding hydrogens is 150 g/mol. The lowest BCUT2D eigenvalue weighted by molar-refractivity contribution is 0.519. The second-order valence-corrected chi connectivity index (χ2v) is 2.82. The van der Waals surface area contributed by atoms with Crippen LogP contribution in [0.4, 0.5) is 0 Å². The predicted octanol–water partition coefficient (Wildman–Crippen LogP) is 1.44. The molecule has 0 aliphatic heterocycles. The zero-order valence-corrected chi connectivity index (χ0v) is 7.82. The van der Waals surface area contributed by atoms with Gasteiger partial charge in [-0.1, -0.05) is 13.8 Å². The number of nitrogens with zero attached hydrogens (tertiary/aromatic N) is 3. The lowest BCUT2D eigenvalue weighted by atomic mass is 10.4. The fourth-order valence-electron chi connectivity index (χ4n) is 1.22. The Morgan fingerprint density at radius 2 is 2.00 bits per heavy atom. The van der Waals surface area contributed by atoms with Crippen molar-refractivity contribution in [1.82, 2.24) is 9.89 Å². The van der Waals surface area contributed by atoms with Crippen LogP contribution in [0.25, 0.3) is 0 Å². The van der Waals surface area contributed by atoms with Crippen LogP contribution >= 0.6 is 0 Å². The summed E-state index contributed by atoms with van der Waals surface area (Å²) in [6, 6.07) is 1.83. The minimum atomic E-state index is 1.06. The Kier molecular flexibility index (Phi) is 3.64. The van der Waals surface area contributed by atoms with Gasteiger partial charge in [-0.3, -0.25) is 5.01 Å². The van der Waals surface area contributed by atoms with Gasteiger partial charge in [-0.05, 0) is 18.9 Å². The van der Waals surface area contributed by atoms with Crippen LogP contribution in [0, 0.1) is 6.20 Å². The quantitative estimate of drug-likeness (QED) is 0.660. The summed E-state index contributed by atoms with van der Waals surface area (Å²) in [4.78, 5) is 1.87. The summed E-state index contributed by atoms with van der Waals surface area (Å²) in [6.07, 6.45) is 7.04. The molecule has 0 unspecified atom stereocenters. The molecule has 3 nitrogen and oxygen atoms in total. The van der Waals surface area contributed by atoms with E-state index >= 15 is 0 Å². The Hall–Kier alpha value is -0.990. The highest BCUT2D eigenvalue weighted by atomic mass is 15.6. The first-order valence-electron chi connectivity index (χ1n) is 4.55. The summed E-state index contributed by atoms with van der Waals surface area (Å²) >= 11 is 0. The highest BCUT2D eigenvalue weighted by Crippen LogP contribution is 1.93. The number of rotatable bonds is 5. The normalized spacial score (nSPS) is 10.2. The molecule has 67 valence electrons. The zero-order valence-electron chi connectivity index (χ0n) is 7.82. The van der Waals surface area contributed by atoms with Crippen LogP contribution in [0.5, 0.6) is 0 Å². The molecule has 0 saturated heterocycles. The Labute approximate surface area is 74.0 Å². The molecule has 1 aromatic heterocycles. The van der Waals surface area contributed by atoms with Gasteiger partial charge < -0.3 is 0 Å². The van der Waals surface area contributed by atoms with E-state index in [9.17, 15) is 0 Å². The molecule has 1 rings (SSSR count). The van der Waals surface area contributed by atoms with E-state index in [1.165, 1.54) is 0 Å². The Balaban J connectivity index is 2.53. The Morgan fingerprint density at radius 3 is 2.42 bits per heavy atom. The van der Waals surface area contributed by atoms with Crippen molar-refractivity contribution in [1.29, 1.82) is 0 Å². The first kappa shape index (κ1) is 9.10. The first-order valence-corrected chi connectivity index (χ1v) is 4.55. The van der Waals surface area contributed by atoms with Gasteiger partial charge in [0.15, 0.2) is 0 Å². The zero-order chi connectivity index (χ0) is 8.81. The maximum absolute atomic E-state index is 4.07. The van der Waals surface area contributed by atoms with Gasteiger partial charge in [0.05, 0.1) is 0 Å². The summed E-state index contributed by atoms with van der Waals surface area (Å²) < 4.78 is 0. The molecule has 1 radical (unpaired) electrons. The topological polar surface area (TPSA) is 21.1 Å². The van der Waals surface area contributed by atoms with Gasteiger partial charge in [-0.15, -0.1) is 0 Å². The van der Waals surface area contributed by atoms with Crippen LogP contribution in [-0.4, -0.2) is 23.0 Å². The Morgan fingerprint density at radius 1 is 1.33 bits per heavy atom. The molecule has 0 fully saturated rings. The van der Waals surface area contributed by atoms with Crippen molar-refractivity contribution in [3.8, 4) is 0 Å². The summed E-state index contributed by atoms with van der Waals surface area (Å²) in [5, 5.41) is 6.29. The maximum Gasteiger partial charge on any atom is 0.115 e. The molecule has 0 aliphatic carbocycles. The highest BCUT2D eigenvalue weighted by Gasteiger charge is 2.01. The van der Waals surface area contributed by atoms with Crippen molar-refractivity contribution in [2.75, 3.05) is 18.1 Å². The number of aromatic nitrogens is 2. The highest BCUT2D eigenvalue weighted by molar-refractivity contribution is 4.86. The van der Waals surface area contributed by atoms with Crippen LogP contribution < -0.4 is 5.01 Å². The van der Waals surface area contributed by atoms with Gasteiger partial charge in [-0.25, -0.2) is 0 Å². The van der Waals surface area contributed by atoms with E-state index in [1.807, 2.05) is 17.1 Å². The molecule has 0 aliphatic rings. The minimum absolute atomic E-state index is 1.06. The van der Waals surface area contributed by atoms with Gasteiger partial charge in [0.25, 0.3) is 0 Å². The second-order valence-electron chi connectivity index (χ2n) is 2.82. The third-order valence-corrected chi connectivity index (χ3v) is 1.70. The maximum atomic E-state index is 4.07. The summed E-state index contributed by atoms with van der Waals surface area (Å²) in [5.74, 6) is 0. The standard InChI is InChI=1S/C9H16N3/c1-3-7-11(8-4-2)12-9-5-6-10-12/h5,9H,3-4,7-8H2,1-2H3. The van der Waals surface area contributed by atoms with Gasteiger partial charge in [0, 0.05) is 19.3 Å². The third-order valence-electron chi connectivity index (χ3n) is 1.70. The fraction of sp³-hybridized carbons (Fsp3) is 0.667. The molecule has 0 N–H and O–H groups in total. The summed E-state index contributed by atoms with van der Waals surface area (Å²) in [6.45, 7) is 6.47. The van der Waals surface area contributed by atoms with Crippen LogP contribution in [0.1, 0.15) is 26.7 Å². The largest absolute Gasteiger partial charge is 0.297 e. The molecule has 12 heavy (non-hydrogen) atoms. The van der Waals surface area contributed by atoms with Crippen molar-refractivity contribution in [2.24, 2.45) is 0 Å². The SMILES string of the molecule is CCCN(CCC)n1cc[c]n1. The van der Waals surface area contributed by atoms with Gasteiger partial charge >= 0.3 is 0 Å². The van der Waals surface area contributed by atoms with Crippen molar-refractivity contribution >= 4 is 0 Å². The van der Waals surface area contributed by atoms with Crippen LogP contribution in [0.15, 0.2) is 12.3 Å². The van der Waals surface area contributed by atoms with E-state index in [-0.39, 0.29) is 0 Å². The van der Waals surface area contributed by atoms with E-state index < -0.39 is 0 Å². The molecule has 0 amide bonds. The molecule has 0 aromatic carbocycles. The lowest BCUT2D eigenvalue weighted by Gasteiger charge is -2.22. The summed E-state index contributed by atoms with van der Waals surface area (Å²) in [5.41, 5.74) is 0.